The van der Waals surface area contributed by atoms with Gasteiger partial charge in [0, 0.05) is 25.6 Å². The first-order valence-corrected chi connectivity index (χ1v) is 5.69. The van der Waals surface area contributed by atoms with E-state index < -0.39 is 5.82 Å². The van der Waals surface area contributed by atoms with Crippen molar-refractivity contribution in [2.24, 2.45) is 5.73 Å². The molecule has 0 aliphatic heterocycles. The van der Waals surface area contributed by atoms with Gasteiger partial charge < -0.3 is 10.6 Å². The number of nitrogens with two attached hydrogens (primary N) is 1. The van der Waals surface area contributed by atoms with Crippen LogP contribution < -0.4 is 5.73 Å². The monoisotopic (exact) mass is 274 g/mol. The molecule has 0 aliphatic carbocycles. The van der Waals surface area contributed by atoms with E-state index in [1.165, 1.54) is 17.0 Å². The van der Waals surface area contributed by atoms with E-state index in [1.807, 2.05) is 0 Å². The van der Waals surface area contributed by atoms with Crippen LogP contribution in [0.3, 0.4) is 0 Å². The van der Waals surface area contributed by atoms with Crippen LogP contribution in [0, 0.1) is 5.82 Å². The minimum absolute atomic E-state index is 0.0707. The Bertz CT molecular complexity index is 453. The third kappa shape index (κ3) is 3.94. The van der Waals surface area contributed by atoms with Crippen LogP contribution in [0.15, 0.2) is 18.2 Å². The Morgan fingerprint density at radius 3 is 2.76 bits per heavy atom. The number of carbonyl (C=O) groups excluding carboxylic acids is 1. The summed E-state index contributed by atoms with van der Waals surface area (Å²) in [5.74, 6) is -0.794. The average molecular weight is 275 g/mol. The Labute approximate surface area is 109 Å². The lowest BCUT2D eigenvalue weighted by molar-refractivity contribution is 0.0799. The Hall–Kier alpha value is -1.20. The SMILES string of the molecule is CN(CCC(N)=S)C(=O)c1ccc(F)c(Cl)c1. The largest absolute Gasteiger partial charge is 0.393 e. The van der Waals surface area contributed by atoms with Gasteiger partial charge in [-0.3, -0.25) is 4.79 Å². The van der Waals surface area contributed by atoms with Crippen molar-refractivity contribution in [2.75, 3.05) is 13.6 Å². The van der Waals surface area contributed by atoms with Crippen molar-refractivity contribution in [2.45, 2.75) is 6.42 Å². The maximum absolute atomic E-state index is 12.9. The first-order chi connectivity index (χ1) is 7.91. The molecule has 1 aromatic carbocycles. The standard InChI is InChI=1S/C11H12ClFN2OS/c1-15(5-4-10(14)17)11(16)7-2-3-9(13)8(12)6-7/h2-3,6H,4-5H2,1H3,(H2,14,17). The zero-order chi connectivity index (χ0) is 13.0. The highest BCUT2D eigenvalue weighted by Crippen LogP contribution is 2.17. The van der Waals surface area contributed by atoms with Crippen LogP contribution in [0.5, 0.6) is 0 Å². The molecule has 0 saturated carbocycles. The topological polar surface area (TPSA) is 46.3 Å². The van der Waals surface area contributed by atoms with E-state index >= 15 is 0 Å². The van der Waals surface area contributed by atoms with Crippen LogP contribution in [0.4, 0.5) is 4.39 Å². The molecule has 0 radical (unpaired) electrons. The molecule has 0 heterocycles. The molecule has 0 saturated heterocycles. The fourth-order valence-corrected chi connectivity index (χ4v) is 1.50. The fourth-order valence-electron chi connectivity index (χ4n) is 1.23. The third-order valence-corrected chi connectivity index (χ3v) is 2.70. The highest BCUT2D eigenvalue weighted by atomic mass is 35.5. The maximum atomic E-state index is 12.9. The zero-order valence-electron chi connectivity index (χ0n) is 9.24. The average Bonchev–Trinajstić information content (AvgIpc) is 2.28. The first kappa shape index (κ1) is 13.9. The quantitative estimate of drug-likeness (QED) is 0.857. The first-order valence-electron chi connectivity index (χ1n) is 4.90. The lowest BCUT2D eigenvalue weighted by atomic mass is 10.2. The van der Waals surface area contributed by atoms with Crippen molar-refractivity contribution < 1.29 is 9.18 Å². The van der Waals surface area contributed by atoms with Crippen molar-refractivity contribution in [3.05, 3.63) is 34.6 Å². The molecule has 0 fully saturated rings. The molecular formula is C11H12ClFN2OS. The van der Waals surface area contributed by atoms with Gasteiger partial charge in [-0.25, -0.2) is 4.39 Å². The van der Waals surface area contributed by atoms with Crippen LogP contribution in [0.25, 0.3) is 0 Å². The number of benzene rings is 1. The molecule has 92 valence electrons. The summed E-state index contributed by atoms with van der Waals surface area (Å²) in [5.41, 5.74) is 5.68. The van der Waals surface area contributed by atoms with Crippen LogP contribution in [-0.2, 0) is 0 Å². The molecular weight excluding hydrogens is 263 g/mol. The summed E-state index contributed by atoms with van der Waals surface area (Å²) in [4.78, 5) is 13.7. The van der Waals surface area contributed by atoms with Crippen molar-refractivity contribution in [3.63, 3.8) is 0 Å². The highest BCUT2D eigenvalue weighted by Gasteiger charge is 2.13. The molecule has 3 nitrogen and oxygen atoms in total. The second kappa shape index (κ2) is 5.93. The number of thiocarbonyl (C=S) groups is 1. The molecule has 0 aromatic heterocycles. The van der Waals surface area contributed by atoms with Crippen LogP contribution in [-0.4, -0.2) is 29.4 Å². The zero-order valence-corrected chi connectivity index (χ0v) is 10.8. The highest BCUT2D eigenvalue weighted by molar-refractivity contribution is 7.80. The molecule has 0 unspecified atom stereocenters. The number of nitrogens with zero attached hydrogens (tertiary/aromatic N) is 1. The predicted octanol–water partition coefficient (Wildman–Crippen LogP) is 2.23. The van der Waals surface area contributed by atoms with Gasteiger partial charge in [-0.1, -0.05) is 23.8 Å². The maximum Gasteiger partial charge on any atom is 0.253 e. The van der Waals surface area contributed by atoms with E-state index in [0.29, 0.717) is 23.5 Å². The molecule has 0 bridgehead atoms. The molecule has 0 aliphatic rings. The number of hydrogen-bond acceptors (Lipinski definition) is 2. The van der Waals surface area contributed by atoms with Gasteiger partial charge in [0.05, 0.1) is 10.0 Å². The fraction of sp³-hybridized carbons (Fsp3) is 0.273. The normalized spacial score (nSPS) is 10.1. The summed E-state index contributed by atoms with van der Waals surface area (Å²) >= 11 is 10.3. The Kier molecular flexibility index (Phi) is 4.84. The Morgan fingerprint density at radius 1 is 1.59 bits per heavy atom. The van der Waals surface area contributed by atoms with Gasteiger partial charge in [-0.2, -0.15) is 0 Å². The molecule has 2 N–H and O–H groups in total. The summed E-state index contributed by atoms with van der Waals surface area (Å²) < 4.78 is 12.9. The van der Waals surface area contributed by atoms with Crippen molar-refractivity contribution >= 4 is 34.7 Å². The van der Waals surface area contributed by atoms with Gasteiger partial charge in [0.2, 0.25) is 0 Å². The van der Waals surface area contributed by atoms with Gasteiger partial charge in [-0.15, -0.1) is 0 Å². The number of rotatable bonds is 4. The smallest absolute Gasteiger partial charge is 0.253 e. The molecule has 0 spiro atoms. The molecule has 1 rings (SSSR count). The number of amides is 1. The van der Waals surface area contributed by atoms with Gasteiger partial charge in [0.15, 0.2) is 0 Å². The van der Waals surface area contributed by atoms with Crippen molar-refractivity contribution in [1.82, 2.24) is 4.90 Å². The van der Waals surface area contributed by atoms with Crippen molar-refractivity contribution in [1.29, 1.82) is 0 Å². The van der Waals surface area contributed by atoms with Crippen LogP contribution in [0.1, 0.15) is 16.8 Å². The van der Waals surface area contributed by atoms with E-state index in [1.54, 1.807) is 7.05 Å². The van der Waals surface area contributed by atoms with Gasteiger partial charge in [-0.05, 0) is 18.2 Å². The summed E-state index contributed by atoms with van der Waals surface area (Å²) in [5, 5.41) is -0.0707. The summed E-state index contributed by atoms with van der Waals surface area (Å²) in [6.45, 7) is 0.420. The second-order valence-electron chi connectivity index (χ2n) is 3.57. The van der Waals surface area contributed by atoms with E-state index in [4.69, 9.17) is 29.6 Å². The van der Waals surface area contributed by atoms with Gasteiger partial charge >= 0.3 is 0 Å². The minimum Gasteiger partial charge on any atom is -0.393 e. The van der Waals surface area contributed by atoms with Crippen LogP contribution in [0.2, 0.25) is 5.02 Å². The van der Waals surface area contributed by atoms with Gasteiger partial charge in [0.1, 0.15) is 5.82 Å². The molecule has 1 aromatic rings. The number of hydrogen-bond donors (Lipinski definition) is 1. The predicted molar refractivity (Wildman–Crippen MR) is 69.8 cm³/mol. The lowest BCUT2D eigenvalue weighted by Gasteiger charge is -2.16. The van der Waals surface area contributed by atoms with E-state index in [9.17, 15) is 9.18 Å². The molecule has 1 amide bonds. The number of carbonyl (C=O) groups is 1. The summed E-state index contributed by atoms with van der Waals surface area (Å²) in [7, 11) is 1.62. The summed E-state index contributed by atoms with van der Waals surface area (Å²) in [6, 6.07) is 3.86. The number of halogens is 2. The Morgan fingerprint density at radius 2 is 2.24 bits per heavy atom. The third-order valence-electron chi connectivity index (χ3n) is 2.21. The molecule has 17 heavy (non-hydrogen) atoms. The summed E-state index contributed by atoms with van der Waals surface area (Å²) in [6.07, 6.45) is 0.451. The van der Waals surface area contributed by atoms with Crippen molar-refractivity contribution in [3.8, 4) is 0 Å². The van der Waals surface area contributed by atoms with Crippen LogP contribution >= 0.6 is 23.8 Å². The van der Waals surface area contributed by atoms with E-state index in [-0.39, 0.29) is 10.9 Å². The lowest BCUT2D eigenvalue weighted by Crippen LogP contribution is -2.30. The molecule has 6 heteroatoms. The second-order valence-corrected chi connectivity index (χ2v) is 4.50. The van der Waals surface area contributed by atoms with Gasteiger partial charge in [0.25, 0.3) is 5.91 Å². The minimum atomic E-state index is -0.547. The van der Waals surface area contributed by atoms with E-state index in [2.05, 4.69) is 0 Å². The molecule has 0 atom stereocenters. The Balaban J connectivity index is 2.74. The van der Waals surface area contributed by atoms with E-state index in [0.717, 1.165) is 6.07 Å².